The fraction of sp³-hybridized carbons (Fsp3) is 0.526. The first kappa shape index (κ1) is 18.2. The van der Waals surface area contributed by atoms with Gasteiger partial charge in [-0.2, -0.15) is 0 Å². The van der Waals surface area contributed by atoms with Gasteiger partial charge in [0.25, 0.3) is 5.91 Å². The van der Waals surface area contributed by atoms with Crippen molar-refractivity contribution in [2.24, 2.45) is 0 Å². The zero-order valence-corrected chi connectivity index (χ0v) is 15.4. The molecule has 2 aliphatic rings. The molecule has 1 atom stereocenters. The molecule has 7 heteroatoms. The van der Waals surface area contributed by atoms with Crippen LogP contribution in [0.5, 0.6) is 5.75 Å². The number of hydrogen-bond donors (Lipinski definition) is 2. The van der Waals surface area contributed by atoms with Gasteiger partial charge >= 0.3 is 6.03 Å². The summed E-state index contributed by atoms with van der Waals surface area (Å²) in [7, 11) is 0. The minimum atomic E-state index is -0.880. The first-order valence-corrected chi connectivity index (χ1v) is 9.06. The highest BCUT2D eigenvalue weighted by molar-refractivity contribution is 6.11. The van der Waals surface area contributed by atoms with Crippen LogP contribution in [0.4, 0.5) is 10.5 Å². The highest BCUT2D eigenvalue weighted by Gasteiger charge is 2.54. The Morgan fingerprint density at radius 2 is 1.77 bits per heavy atom. The van der Waals surface area contributed by atoms with Gasteiger partial charge in [-0.3, -0.25) is 9.59 Å². The number of nitrogens with one attached hydrogen (secondary N) is 2. The minimum absolute atomic E-state index is 0.0677. The number of hydrogen-bond acceptors (Lipinski definition) is 4. The first-order chi connectivity index (χ1) is 12.3. The maximum atomic E-state index is 12.7. The second kappa shape index (κ2) is 6.97. The van der Waals surface area contributed by atoms with Crippen molar-refractivity contribution in [2.45, 2.75) is 64.1 Å². The normalized spacial score (nSPS) is 19.8. The summed E-state index contributed by atoms with van der Waals surface area (Å²) >= 11 is 0. The monoisotopic (exact) mass is 359 g/mol. The molecule has 1 aliphatic carbocycles. The molecular formula is C19H25N3O4. The van der Waals surface area contributed by atoms with Crippen LogP contribution in [0.2, 0.25) is 0 Å². The van der Waals surface area contributed by atoms with Crippen molar-refractivity contribution in [3.8, 4) is 5.75 Å². The summed E-state index contributed by atoms with van der Waals surface area (Å²) < 4.78 is 5.57. The van der Waals surface area contributed by atoms with Gasteiger partial charge in [-0.05, 0) is 57.9 Å². The fourth-order valence-electron chi connectivity index (χ4n) is 3.56. The van der Waals surface area contributed by atoms with Gasteiger partial charge in [0.05, 0.1) is 6.10 Å². The SMILES string of the molecule is CC(C)Oc1ccc(NC(=O)C(C)N2C(=O)NC3(CCCC3)C2=O)cc1. The molecule has 1 unspecified atom stereocenters. The van der Waals surface area contributed by atoms with Crippen LogP contribution in [0.3, 0.4) is 0 Å². The van der Waals surface area contributed by atoms with Crippen molar-refractivity contribution in [3.63, 3.8) is 0 Å². The van der Waals surface area contributed by atoms with Crippen molar-refractivity contribution in [3.05, 3.63) is 24.3 Å². The summed E-state index contributed by atoms with van der Waals surface area (Å²) in [5, 5.41) is 5.55. The highest BCUT2D eigenvalue weighted by atomic mass is 16.5. The number of anilines is 1. The fourth-order valence-corrected chi connectivity index (χ4v) is 3.56. The molecule has 4 amide bonds. The van der Waals surface area contributed by atoms with Crippen molar-refractivity contribution >= 4 is 23.5 Å². The lowest BCUT2D eigenvalue weighted by atomic mass is 9.97. The largest absolute Gasteiger partial charge is 0.491 e. The van der Waals surface area contributed by atoms with Gasteiger partial charge < -0.3 is 15.4 Å². The Balaban J connectivity index is 1.66. The average Bonchev–Trinajstić information content (AvgIpc) is 3.14. The Bertz CT molecular complexity index is 708. The number of nitrogens with zero attached hydrogens (tertiary/aromatic N) is 1. The number of carbonyl (C=O) groups excluding carboxylic acids is 3. The van der Waals surface area contributed by atoms with Crippen LogP contribution < -0.4 is 15.4 Å². The molecule has 0 bridgehead atoms. The Morgan fingerprint density at radius 1 is 1.15 bits per heavy atom. The van der Waals surface area contributed by atoms with E-state index in [1.165, 1.54) is 0 Å². The number of rotatable bonds is 5. The van der Waals surface area contributed by atoms with Crippen molar-refractivity contribution in [2.75, 3.05) is 5.32 Å². The lowest BCUT2D eigenvalue weighted by Crippen LogP contribution is -2.48. The molecule has 0 radical (unpaired) electrons. The van der Waals surface area contributed by atoms with Gasteiger partial charge in [0.2, 0.25) is 5.91 Å². The van der Waals surface area contributed by atoms with Crippen LogP contribution in [-0.2, 0) is 9.59 Å². The van der Waals surface area contributed by atoms with Gasteiger partial charge in [0.1, 0.15) is 17.3 Å². The van der Waals surface area contributed by atoms with E-state index in [0.29, 0.717) is 24.3 Å². The van der Waals surface area contributed by atoms with E-state index in [-0.39, 0.29) is 12.0 Å². The molecule has 26 heavy (non-hydrogen) atoms. The molecule has 1 saturated heterocycles. The number of carbonyl (C=O) groups is 3. The maximum Gasteiger partial charge on any atom is 0.325 e. The Kier molecular flexibility index (Phi) is 4.89. The predicted molar refractivity (Wildman–Crippen MR) is 96.9 cm³/mol. The Labute approximate surface area is 153 Å². The van der Waals surface area contributed by atoms with Gasteiger partial charge in [0.15, 0.2) is 0 Å². The number of benzene rings is 1. The zero-order valence-electron chi connectivity index (χ0n) is 15.4. The number of amides is 4. The smallest absolute Gasteiger partial charge is 0.325 e. The average molecular weight is 359 g/mol. The summed E-state index contributed by atoms with van der Waals surface area (Å²) in [5.74, 6) is 0.0210. The molecule has 140 valence electrons. The van der Waals surface area contributed by atoms with E-state index < -0.39 is 23.5 Å². The number of imide groups is 1. The van der Waals surface area contributed by atoms with Crippen LogP contribution >= 0.6 is 0 Å². The molecule has 0 aromatic heterocycles. The van der Waals surface area contributed by atoms with E-state index in [1.807, 2.05) is 13.8 Å². The summed E-state index contributed by atoms with van der Waals surface area (Å²) in [5.41, 5.74) is -0.220. The van der Waals surface area contributed by atoms with Crippen LogP contribution in [0.15, 0.2) is 24.3 Å². The standard InChI is InChI=1S/C19H25N3O4/c1-12(2)26-15-8-6-14(7-9-15)20-16(23)13(3)22-17(24)19(21-18(22)25)10-4-5-11-19/h6-9,12-13H,4-5,10-11H2,1-3H3,(H,20,23)(H,21,25). The van der Waals surface area contributed by atoms with Crippen molar-refractivity contribution in [1.82, 2.24) is 10.2 Å². The summed E-state index contributed by atoms with van der Waals surface area (Å²) in [6.07, 6.45) is 3.16. The van der Waals surface area contributed by atoms with Gasteiger partial charge in [-0.25, -0.2) is 9.69 Å². The lowest BCUT2D eigenvalue weighted by molar-refractivity contribution is -0.136. The second-order valence-electron chi connectivity index (χ2n) is 7.25. The third kappa shape index (κ3) is 3.38. The van der Waals surface area contributed by atoms with E-state index >= 15 is 0 Å². The van der Waals surface area contributed by atoms with E-state index in [1.54, 1.807) is 31.2 Å². The lowest BCUT2D eigenvalue weighted by Gasteiger charge is -2.23. The maximum absolute atomic E-state index is 12.7. The van der Waals surface area contributed by atoms with Crippen LogP contribution in [0, 0.1) is 0 Å². The number of ether oxygens (including phenoxy) is 1. The van der Waals surface area contributed by atoms with Crippen LogP contribution in [-0.4, -0.2) is 40.4 Å². The van der Waals surface area contributed by atoms with Crippen molar-refractivity contribution in [1.29, 1.82) is 0 Å². The molecule has 3 rings (SSSR count). The molecule has 1 aliphatic heterocycles. The van der Waals surface area contributed by atoms with E-state index in [2.05, 4.69) is 10.6 Å². The van der Waals surface area contributed by atoms with Crippen LogP contribution in [0.1, 0.15) is 46.5 Å². The zero-order chi connectivity index (χ0) is 18.9. The summed E-state index contributed by atoms with van der Waals surface area (Å²) in [6.45, 7) is 5.44. The molecule has 2 fully saturated rings. The van der Waals surface area contributed by atoms with Gasteiger partial charge in [-0.1, -0.05) is 12.8 Å². The second-order valence-corrected chi connectivity index (χ2v) is 7.25. The molecular weight excluding hydrogens is 334 g/mol. The molecule has 2 N–H and O–H groups in total. The highest BCUT2D eigenvalue weighted by Crippen LogP contribution is 2.35. The van der Waals surface area contributed by atoms with E-state index in [4.69, 9.17) is 4.74 Å². The van der Waals surface area contributed by atoms with Crippen molar-refractivity contribution < 1.29 is 19.1 Å². The van der Waals surface area contributed by atoms with E-state index in [9.17, 15) is 14.4 Å². The Morgan fingerprint density at radius 3 is 2.35 bits per heavy atom. The minimum Gasteiger partial charge on any atom is -0.491 e. The van der Waals surface area contributed by atoms with Gasteiger partial charge in [0, 0.05) is 5.69 Å². The molecule has 1 aromatic carbocycles. The Hall–Kier alpha value is -2.57. The third-order valence-corrected chi connectivity index (χ3v) is 4.91. The molecule has 7 nitrogen and oxygen atoms in total. The third-order valence-electron chi connectivity index (χ3n) is 4.91. The number of urea groups is 1. The topological polar surface area (TPSA) is 87.7 Å². The molecule has 1 spiro atoms. The molecule has 1 aromatic rings. The molecule has 1 saturated carbocycles. The first-order valence-electron chi connectivity index (χ1n) is 9.06. The van der Waals surface area contributed by atoms with Gasteiger partial charge in [-0.15, -0.1) is 0 Å². The predicted octanol–water partition coefficient (Wildman–Crippen LogP) is 2.67. The molecule has 1 heterocycles. The quantitative estimate of drug-likeness (QED) is 0.791. The summed E-state index contributed by atoms with van der Waals surface area (Å²) in [4.78, 5) is 38.6. The summed E-state index contributed by atoms with van der Waals surface area (Å²) in [6, 6.07) is 5.62. The van der Waals surface area contributed by atoms with Crippen LogP contribution in [0.25, 0.3) is 0 Å². The van der Waals surface area contributed by atoms with E-state index in [0.717, 1.165) is 17.7 Å².